The minimum absolute atomic E-state index is 0.155. The highest BCUT2D eigenvalue weighted by Crippen LogP contribution is 2.47. The Kier molecular flexibility index (Phi) is 20.2. The van der Waals surface area contributed by atoms with Gasteiger partial charge >= 0.3 is 0 Å². The molecule has 0 radical (unpaired) electrons. The highest BCUT2D eigenvalue weighted by molar-refractivity contribution is 7.17. The molecule has 0 amide bonds. The molecule has 2 atom stereocenters. The fourth-order valence-electron chi connectivity index (χ4n) is 6.14. The molecule has 10 heteroatoms. The number of hydrogen-bond donors (Lipinski definition) is 2. The van der Waals surface area contributed by atoms with Gasteiger partial charge in [0.05, 0.1) is 23.7 Å². The Morgan fingerprint density at radius 3 is 2.25 bits per heavy atom. The normalized spacial score (nSPS) is 15.2. The average molecular weight is 754 g/mol. The van der Waals surface area contributed by atoms with Crippen molar-refractivity contribution < 1.29 is 18.6 Å². The van der Waals surface area contributed by atoms with E-state index in [0.717, 1.165) is 60.7 Å². The number of aliphatic hydroxyl groups is 1. The standard InChI is InChI=1S/C27H27F2N5OS.C9H20.C5H12O.C2H6/c1-4-14(3)20(22-15(10-30)26(31)36-25(22)19(28)5-2)21-18-13-35-12-17(18)16-11-32-27(33-24(16)23(21)29)34-8-6-7-9-34;1-4-6-7-8-9(3)5-2;1-3-5(2)4-6;1-2/h5,11H,4,6-9,12-13,31H2,1-3H3;9H,4-8H2,1-3H3;5-6H,3-4H2,1-2H3;1-2H3/b19-5+,20-14+;;;. The third-order valence-electron chi connectivity index (χ3n) is 10.1. The number of anilines is 2. The number of nitriles is 1. The molecular formula is C43H65F2N5O2S. The van der Waals surface area contributed by atoms with Crippen LogP contribution in [0.3, 0.4) is 0 Å². The molecule has 2 aliphatic rings. The van der Waals surface area contributed by atoms with Gasteiger partial charge < -0.3 is 20.5 Å². The number of halogens is 2. The van der Waals surface area contributed by atoms with Crippen LogP contribution in [0.1, 0.15) is 160 Å². The molecule has 53 heavy (non-hydrogen) atoms. The second-order valence-corrected chi connectivity index (χ2v) is 14.8. The predicted octanol–water partition coefficient (Wildman–Crippen LogP) is 12.1. The Hall–Kier alpha value is -3.39. The summed E-state index contributed by atoms with van der Waals surface area (Å²) >= 11 is 1.00. The van der Waals surface area contributed by atoms with Crippen molar-refractivity contribution in [3.8, 4) is 6.07 Å². The van der Waals surface area contributed by atoms with Crippen LogP contribution in [0.15, 0.2) is 17.8 Å². The number of allylic oxidation sites excluding steroid dienone is 2. The monoisotopic (exact) mass is 753 g/mol. The Labute approximate surface area is 322 Å². The van der Waals surface area contributed by atoms with Gasteiger partial charge in [-0.3, -0.25) is 0 Å². The molecule has 0 spiro atoms. The summed E-state index contributed by atoms with van der Waals surface area (Å²) in [5.41, 5.74) is 9.97. The lowest BCUT2D eigenvalue weighted by Crippen LogP contribution is -2.20. The molecule has 1 fully saturated rings. The zero-order valence-electron chi connectivity index (χ0n) is 34.1. The minimum atomic E-state index is -0.514. The number of ether oxygens (including phenoxy) is 1. The molecule has 2 unspecified atom stereocenters. The van der Waals surface area contributed by atoms with Crippen molar-refractivity contribution in [1.29, 1.82) is 5.26 Å². The maximum Gasteiger partial charge on any atom is 0.225 e. The number of fused-ring (bicyclic) bond motifs is 3. The number of unbranched alkanes of at least 4 members (excludes halogenated alkanes) is 2. The maximum atomic E-state index is 16.7. The van der Waals surface area contributed by atoms with Crippen molar-refractivity contribution >= 4 is 44.6 Å². The van der Waals surface area contributed by atoms with E-state index in [2.05, 4.69) is 48.6 Å². The van der Waals surface area contributed by atoms with E-state index >= 15 is 8.78 Å². The highest BCUT2D eigenvalue weighted by Gasteiger charge is 2.32. The number of aliphatic hydroxyl groups excluding tert-OH is 1. The number of benzene rings is 1. The lowest BCUT2D eigenvalue weighted by Gasteiger charge is -2.20. The van der Waals surface area contributed by atoms with Gasteiger partial charge in [0.1, 0.15) is 22.4 Å². The van der Waals surface area contributed by atoms with E-state index in [0.29, 0.717) is 59.2 Å². The quantitative estimate of drug-likeness (QED) is 0.177. The van der Waals surface area contributed by atoms with Gasteiger partial charge in [0.15, 0.2) is 5.82 Å². The molecule has 2 aliphatic heterocycles. The maximum absolute atomic E-state index is 16.7. The van der Waals surface area contributed by atoms with E-state index in [9.17, 15) is 5.26 Å². The number of thiophene rings is 1. The minimum Gasteiger partial charge on any atom is -0.396 e. The van der Waals surface area contributed by atoms with Gasteiger partial charge in [-0.1, -0.05) is 106 Å². The molecule has 294 valence electrons. The van der Waals surface area contributed by atoms with Crippen molar-refractivity contribution in [2.45, 2.75) is 140 Å². The van der Waals surface area contributed by atoms with Crippen molar-refractivity contribution in [3.05, 3.63) is 56.4 Å². The van der Waals surface area contributed by atoms with E-state index in [1.807, 2.05) is 34.6 Å². The molecular weight excluding hydrogens is 689 g/mol. The second-order valence-electron chi connectivity index (χ2n) is 13.8. The smallest absolute Gasteiger partial charge is 0.225 e. The number of nitrogens with zero attached hydrogens (tertiary/aromatic N) is 4. The van der Waals surface area contributed by atoms with Gasteiger partial charge in [0, 0.05) is 42.4 Å². The van der Waals surface area contributed by atoms with Gasteiger partial charge in [0.25, 0.3) is 0 Å². The summed E-state index contributed by atoms with van der Waals surface area (Å²) in [6, 6.07) is 2.13. The average Bonchev–Trinajstić information content (AvgIpc) is 3.98. The molecule has 0 aliphatic carbocycles. The summed E-state index contributed by atoms with van der Waals surface area (Å²) in [7, 11) is 0. The van der Waals surface area contributed by atoms with Crippen molar-refractivity contribution in [2.75, 3.05) is 30.3 Å². The fourth-order valence-corrected chi connectivity index (χ4v) is 7.13. The molecule has 3 N–H and O–H groups in total. The van der Waals surface area contributed by atoms with Crippen LogP contribution >= 0.6 is 11.3 Å². The summed E-state index contributed by atoms with van der Waals surface area (Å²) in [5, 5.41) is 19.1. The zero-order chi connectivity index (χ0) is 39.7. The Balaban J connectivity index is 0.000000479. The van der Waals surface area contributed by atoms with Crippen LogP contribution < -0.4 is 10.6 Å². The van der Waals surface area contributed by atoms with Gasteiger partial charge in [-0.25, -0.2) is 18.7 Å². The van der Waals surface area contributed by atoms with E-state index in [1.54, 1.807) is 13.1 Å². The van der Waals surface area contributed by atoms with Crippen molar-refractivity contribution in [2.24, 2.45) is 11.8 Å². The predicted molar refractivity (Wildman–Crippen MR) is 221 cm³/mol. The summed E-state index contributed by atoms with van der Waals surface area (Å²) in [4.78, 5) is 11.5. The molecule has 2 aromatic heterocycles. The van der Waals surface area contributed by atoms with Gasteiger partial charge in [0.2, 0.25) is 5.95 Å². The van der Waals surface area contributed by atoms with Crippen LogP contribution in [0.2, 0.25) is 0 Å². The third kappa shape index (κ3) is 11.6. The zero-order valence-corrected chi connectivity index (χ0v) is 34.9. The summed E-state index contributed by atoms with van der Waals surface area (Å²) < 4.78 is 37.5. The first-order valence-corrected chi connectivity index (χ1v) is 20.6. The largest absolute Gasteiger partial charge is 0.396 e. The lowest BCUT2D eigenvalue weighted by molar-refractivity contribution is 0.134. The highest BCUT2D eigenvalue weighted by atomic mass is 32.1. The fraction of sp³-hybridized carbons (Fsp3) is 0.605. The Morgan fingerprint density at radius 1 is 1.08 bits per heavy atom. The first-order valence-electron chi connectivity index (χ1n) is 19.8. The summed E-state index contributed by atoms with van der Waals surface area (Å²) in [6.07, 6.45) is 13.8. The molecule has 5 rings (SSSR count). The van der Waals surface area contributed by atoms with Crippen LogP contribution in [0.4, 0.5) is 19.7 Å². The molecule has 4 heterocycles. The van der Waals surface area contributed by atoms with Gasteiger partial charge in [-0.2, -0.15) is 5.26 Å². The van der Waals surface area contributed by atoms with E-state index < -0.39 is 11.6 Å². The SMILES string of the molecule is C/C=C(/F)c1sc(N)c(C#N)c1/C(=C(\C)CC)c1c2c(c3cnc(N4CCCC4)nc3c1F)COC2.CC.CCC(C)CO.CCCCCC(C)CC. The summed E-state index contributed by atoms with van der Waals surface area (Å²) in [5.74, 6) is 0.930. The van der Waals surface area contributed by atoms with E-state index in [4.69, 9.17) is 15.6 Å². The van der Waals surface area contributed by atoms with E-state index in [1.165, 1.54) is 38.2 Å². The number of aromatic nitrogens is 2. The molecule has 0 saturated carbocycles. The van der Waals surface area contributed by atoms with Gasteiger partial charge in [-0.05, 0) is 61.6 Å². The first-order chi connectivity index (χ1) is 25.5. The Bertz CT molecular complexity index is 1700. The van der Waals surface area contributed by atoms with Crippen LogP contribution in [-0.2, 0) is 18.0 Å². The molecule has 7 nitrogen and oxygen atoms in total. The van der Waals surface area contributed by atoms with Crippen molar-refractivity contribution in [3.63, 3.8) is 0 Å². The second kappa shape index (κ2) is 23.4. The first kappa shape index (κ1) is 45.8. The van der Waals surface area contributed by atoms with Gasteiger partial charge in [-0.15, -0.1) is 11.3 Å². The molecule has 3 aromatic rings. The van der Waals surface area contributed by atoms with Crippen LogP contribution in [-0.4, -0.2) is 34.8 Å². The number of hydrogen-bond acceptors (Lipinski definition) is 8. The molecule has 0 bridgehead atoms. The number of rotatable bonds is 12. The van der Waals surface area contributed by atoms with Crippen LogP contribution in [0, 0.1) is 29.0 Å². The molecule has 1 saturated heterocycles. The molecule has 1 aromatic carbocycles. The summed E-state index contributed by atoms with van der Waals surface area (Å²) in [6.45, 7) is 22.9. The van der Waals surface area contributed by atoms with Crippen molar-refractivity contribution in [1.82, 2.24) is 9.97 Å². The van der Waals surface area contributed by atoms with E-state index in [-0.39, 0.29) is 27.6 Å². The topological polar surface area (TPSA) is 108 Å². The third-order valence-corrected chi connectivity index (χ3v) is 11.1. The lowest BCUT2D eigenvalue weighted by atomic mass is 9.85. The van der Waals surface area contributed by atoms with Crippen LogP contribution in [0.25, 0.3) is 22.3 Å². The number of nitrogens with two attached hydrogens (primary N) is 1. The number of nitrogen functional groups attached to an aromatic ring is 1. The van der Waals surface area contributed by atoms with Crippen LogP contribution in [0.5, 0.6) is 0 Å². The Morgan fingerprint density at radius 2 is 1.72 bits per heavy atom.